The second kappa shape index (κ2) is 12.5. The number of nitrogens with zero attached hydrogens (tertiary/aromatic N) is 4. The van der Waals surface area contributed by atoms with E-state index < -0.39 is 0 Å². The molecule has 0 aliphatic carbocycles. The molecule has 2 N–H and O–H groups in total. The fraction of sp³-hybridized carbons (Fsp3) is 0.600. The number of hydrazone groups is 2. The van der Waals surface area contributed by atoms with Gasteiger partial charge in [-0.3, -0.25) is 20.8 Å². The Kier molecular flexibility index (Phi) is 13.7. The van der Waals surface area contributed by atoms with Crippen LogP contribution in [0.1, 0.15) is 27.7 Å². The standard InChI is InChI=1S/C10H20N6S2.Au/c1-5-11-9(17)15-13-7(3)8(4)14-16-10(18)12-6-2;/h5-6H2,1-4H3,(H2,11,15,17)(H2,12,16,18);/q;+3/p-2/b13-7+,14-8+;. The molecule has 0 saturated carbocycles. The van der Waals surface area contributed by atoms with Crippen molar-refractivity contribution in [3.05, 3.63) is 0 Å². The Morgan fingerprint density at radius 2 is 1.16 bits per heavy atom. The fourth-order valence-corrected chi connectivity index (χ4v) is 1.13. The molecule has 0 aromatic carbocycles. The normalized spacial score (nSPS) is 13.9. The summed E-state index contributed by atoms with van der Waals surface area (Å²) < 4.78 is 0. The molecule has 0 fully saturated rings. The maximum absolute atomic E-state index is 4.92. The summed E-state index contributed by atoms with van der Waals surface area (Å²) in [5, 5.41) is 8.82. The largest absolute Gasteiger partial charge is 3.00 e. The summed E-state index contributed by atoms with van der Waals surface area (Å²) in [7, 11) is 0. The molecule has 0 aliphatic rings. The van der Waals surface area contributed by atoms with Crippen molar-refractivity contribution >= 4 is 47.0 Å². The van der Waals surface area contributed by atoms with Gasteiger partial charge in [0.15, 0.2) is 0 Å². The number of hydrogen-bond donors (Lipinski definition) is 2. The van der Waals surface area contributed by atoms with Crippen LogP contribution in [0.5, 0.6) is 0 Å². The van der Waals surface area contributed by atoms with Crippen LogP contribution in [-0.2, 0) is 47.6 Å². The zero-order valence-electron chi connectivity index (χ0n) is 11.3. The molecule has 9 heteroatoms. The van der Waals surface area contributed by atoms with Crippen molar-refractivity contribution in [2.24, 2.45) is 20.2 Å². The van der Waals surface area contributed by atoms with Gasteiger partial charge >= 0.3 is 22.4 Å². The molecule has 0 unspecified atom stereocenters. The molecule has 0 aromatic rings. The average molecular weight is 483 g/mol. The predicted octanol–water partition coefficient (Wildman–Crippen LogP) is 0.760. The van der Waals surface area contributed by atoms with E-state index in [9.17, 15) is 0 Å². The monoisotopic (exact) mass is 483 g/mol. The third kappa shape index (κ3) is 11.0. The van der Waals surface area contributed by atoms with Crippen molar-refractivity contribution in [3.8, 4) is 0 Å². The number of rotatable bonds is 5. The van der Waals surface area contributed by atoms with Crippen LogP contribution in [0.4, 0.5) is 0 Å². The molecule has 0 atom stereocenters. The van der Waals surface area contributed by atoms with Crippen molar-refractivity contribution in [2.45, 2.75) is 27.7 Å². The Hall–Kier alpha value is -0.540. The summed E-state index contributed by atoms with van der Waals surface area (Å²) >= 11 is 9.85. The molecule has 19 heavy (non-hydrogen) atoms. The first-order valence-electron chi connectivity index (χ1n) is 5.55. The van der Waals surface area contributed by atoms with E-state index in [1.807, 2.05) is 27.7 Å². The van der Waals surface area contributed by atoms with Gasteiger partial charge in [-0.1, -0.05) is 0 Å². The van der Waals surface area contributed by atoms with Crippen molar-refractivity contribution < 1.29 is 22.4 Å². The van der Waals surface area contributed by atoms with E-state index in [1.54, 1.807) is 0 Å². The molecule has 0 heterocycles. The van der Waals surface area contributed by atoms with Gasteiger partial charge in [-0.05, 0) is 38.0 Å². The van der Waals surface area contributed by atoms with Crippen LogP contribution in [0, 0.1) is 0 Å². The van der Waals surface area contributed by atoms with E-state index in [0.717, 1.165) is 0 Å². The fourth-order valence-electron chi connectivity index (χ4n) is 0.783. The molecule has 0 saturated heterocycles. The molecular weight excluding hydrogens is 465 g/mol. The number of hydrogen-bond acceptors (Lipinski definition) is 6. The smallest absolute Gasteiger partial charge is 0.741 e. The summed E-state index contributed by atoms with van der Waals surface area (Å²) in [5.74, 6) is 0. The Balaban J connectivity index is 0. The third-order valence-corrected chi connectivity index (χ3v) is 2.21. The molecular formula is C10H18AuN6S2+. The zero-order valence-corrected chi connectivity index (χ0v) is 15.1. The van der Waals surface area contributed by atoms with E-state index in [2.05, 4.69) is 31.0 Å². The minimum absolute atomic E-state index is 0. The van der Waals surface area contributed by atoms with E-state index >= 15 is 0 Å². The third-order valence-electron chi connectivity index (χ3n) is 1.77. The van der Waals surface area contributed by atoms with Gasteiger partial charge in [0.05, 0.1) is 11.4 Å². The Morgan fingerprint density at radius 3 is 1.42 bits per heavy atom. The van der Waals surface area contributed by atoms with Gasteiger partial charge in [0.2, 0.25) is 0 Å². The Morgan fingerprint density at radius 1 is 0.842 bits per heavy atom. The summed E-state index contributed by atoms with van der Waals surface area (Å²) in [6.45, 7) is 8.67. The molecule has 0 aromatic heterocycles. The SMILES string of the molecule is CCN=C([S-])N/N=C(C)/C(C)=N/NC([S-])=NCC.[Au+3]. The molecule has 0 rings (SSSR count). The number of amidine groups is 2. The van der Waals surface area contributed by atoms with E-state index in [0.29, 0.717) is 34.8 Å². The second-order valence-electron chi connectivity index (χ2n) is 3.18. The van der Waals surface area contributed by atoms with Crippen molar-refractivity contribution in [3.63, 3.8) is 0 Å². The number of nitrogens with one attached hydrogen (secondary N) is 2. The van der Waals surface area contributed by atoms with E-state index in [4.69, 9.17) is 25.3 Å². The number of aliphatic imine (C=N–C) groups is 2. The first kappa shape index (κ1) is 20.8. The molecule has 0 bridgehead atoms. The van der Waals surface area contributed by atoms with Gasteiger partial charge in [0.25, 0.3) is 0 Å². The van der Waals surface area contributed by atoms with Gasteiger partial charge in [0, 0.05) is 13.1 Å². The predicted molar refractivity (Wildman–Crippen MR) is 83.2 cm³/mol. The quantitative estimate of drug-likeness (QED) is 0.199. The van der Waals surface area contributed by atoms with E-state index in [-0.39, 0.29) is 22.4 Å². The van der Waals surface area contributed by atoms with Crippen molar-refractivity contribution in [1.29, 1.82) is 0 Å². The second-order valence-corrected chi connectivity index (χ2v) is 3.95. The molecule has 0 radical (unpaired) electrons. The van der Waals surface area contributed by atoms with Crippen LogP contribution in [0.25, 0.3) is 0 Å². The maximum Gasteiger partial charge on any atom is 3.00 e. The minimum Gasteiger partial charge on any atom is -0.741 e. The first-order chi connectivity index (χ1) is 8.51. The van der Waals surface area contributed by atoms with E-state index in [1.165, 1.54) is 0 Å². The van der Waals surface area contributed by atoms with Crippen LogP contribution in [0.2, 0.25) is 0 Å². The minimum atomic E-state index is 0. The molecule has 0 aliphatic heterocycles. The van der Waals surface area contributed by atoms with Crippen molar-refractivity contribution in [1.82, 2.24) is 10.9 Å². The van der Waals surface area contributed by atoms with Gasteiger partial charge < -0.3 is 25.3 Å². The molecule has 0 amide bonds. The van der Waals surface area contributed by atoms with Gasteiger partial charge in [-0.2, -0.15) is 10.2 Å². The van der Waals surface area contributed by atoms with Gasteiger partial charge in [-0.15, -0.1) is 0 Å². The van der Waals surface area contributed by atoms with Gasteiger partial charge in [0.1, 0.15) is 0 Å². The Labute approximate surface area is 141 Å². The Bertz CT molecular complexity index is 342. The summed E-state index contributed by atoms with van der Waals surface area (Å²) in [5.41, 5.74) is 6.71. The maximum atomic E-state index is 4.92. The molecule has 6 nitrogen and oxygen atoms in total. The first-order valence-corrected chi connectivity index (χ1v) is 6.36. The molecule has 110 valence electrons. The molecule has 0 spiro atoms. The van der Waals surface area contributed by atoms with Crippen molar-refractivity contribution in [2.75, 3.05) is 13.1 Å². The average Bonchev–Trinajstić information content (AvgIpc) is 2.33. The topological polar surface area (TPSA) is 73.5 Å². The van der Waals surface area contributed by atoms with Crippen LogP contribution < -0.4 is 10.9 Å². The van der Waals surface area contributed by atoms with Crippen LogP contribution in [0.3, 0.4) is 0 Å². The van der Waals surface area contributed by atoms with Crippen LogP contribution >= 0.6 is 0 Å². The van der Waals surface area contributed by atoms with Crippen LogP contribution in [-0.4, -0.2) is 34.8 Å². The zero-order chi connectivity index (χ0) is 14.0. The summed E-state index contributed by atoms with van der Waals surface area (Å²) in [4.78, 5) is 7.95. The summed E-state index contributed by atoms with van der Waals surface area (Å²) in [6.07, 6.45) is 0. The van der Waals surface area contributed by atoms with Crippen LogP contribution in [0.15, 0.2) is 20.2 Å². The summed E-state index contributed by atoms with van der Waals surface area (Å²) in [6, 6.07) is 0. The van der Waals surface area contributed by atoms with Gasteiger partial charge in [-0.25, -0.2) is 0 Å².